The Kier molecular flexibility index (Phi) is 7.63. The topological polar surface area (TPSA) is 132 Å². The fraction of sp³-hybridized carbons (Fsp3) is 0.100. The van der Waals surface area contributed by atoms with Crippen LogP contribution in [0.3, 0.4) is 0 Å². The zero-order chi connectivity index (χ0) is 24.0. The number of nitrogens with one attached hydrogen (secondary N) is 3. The van der Waals surface area contributed by atoms with Crippen molar-refractivity contribution in [1.82, 2.24) is 15.3 Å². The number of rotatable bonds is 7. The van der Waals surface area contributed by atoms with E-state index in [0.29, 0.717) is 16.3 Å². The summed E-state index contributed by atoms with van der Waals surface area (Å²) in [4.78, 5) is 20.0. The number of aromatic nitrogens is 2. The van der Waals surface area contributed by atoms with Crippen molar-refractivity contribution < 1.29 is 22.7 Å². The van der Waals surface area contributed by atoms with Gasteiger partial charge in [0.25, 0.3) is 15.9 Å². The number of benzene rings is 2. The van der Waals surface area contributed by atoms with Gasteiger partial charge in [0.05, 0.1) is 19.1 Å². The number of anilines is 2. The van der Waals surface area contributed by atoms with Gasteiger partial charge in [-0.1, -0.05) is 11.6 Å². The first-order chi connectivity index (χ1) is 15.7. The molecule has 10 nitrogen and oxygen atoms in total. The predicted molar refractivity (Wildman–Crippen MR) is 128 cm³/mol. The summed E-state index contributed by atoms with van der Waals surface area (Å²) in [5, 5.41) is 5.90. The first-order valence-corrected chi connectivity index (χ1v) is 11.4. The molecule has 13 heteroatoms. The Bertz CT molecular complexity index is 1250. The van der Waals surface area contributed by atoms with E-state index in [9.17, 15) is 13.2 Å². The summed E-state index contributed by atoms with van der Waals surface area (Å²) in [6.07, 6.45) is 0. The number of nitrogens with zero attached hydrogens (tertiary/aromatic N) is 2. The maximum Gasteiger partial charge on any atom is 0.321 e. The molecule has 0 aliphatic heterocycles. The van der Waals surface area contributed by atoms with Crippen LogP contribution in [0.5, 0.6) is 11.9 Å². The third-order valence-electron chi connectivity index (χ3n) is 4.07. The minimum Gasteiger partial charge on any atom is -0.481 e. The Morgan fingerprint density at radius 1 is 1.00 bits per heavy atom. The van der Waals surface area contributed by atoms with E-state index in [1.54, 1.807) is 24.3 Å². The molecular weight excluding hydrogens is 490 g/mol. The zero-order valence-corrected chi connectivity index (χ0v) is 19.7. The fourth-order valence-corrected chi connectivity index (χ4v) is 3.83. The molecule has 1 amide bonds. The molecule has 0 saturated heterocycles. The van der Waals surface area contributed by atoms with Gasteiger partial charge in [-0.25, -0.2) is 8.42 Å². The van der Waals surface area contributed by atoms with Crippen LogP contribution in [0.4, 0.5) is 11.5 Å². The van der Waals surface area contributed by atoms with Crippen LogP contribution in [0.1, 0.15) is 10.4 Å². The minimum atomic E-state index is -3.96. The number of thiocarbonyl (C=S) groups is 1. The van der Waals surface area contributed by atoms with Crippen LogP contribution in [0.25, 0.3) is 0 Å². The third kappa shape index (κ3) is 6.51. The second-order valence-corrected chi connectivity index (χ2v) is 8.85. The highest BCUT2D eigenvalue weighted by molar-refractivity contribution is 7.92. The molecule has 1 aromatic heterocycles. The molecule has 3 aromatic rings. The second kappa shape index (κ2) is 10.4. The first-order valence-electron chi connectivity index (χ1n) is 9.18. The van der Waals surface area contributed by atoms with Crippen molar-refractivity contribution in [3.8, 4) is 11.9 Å². The van der Waals surface area contributed by atoms with E-state index in [0.717, 1.165) is 0 Å². The van der Waals surface area contributed by atoms with Crippen LogP contribution in [0.2, 0.25) is 5.02 Å². The van der Waals surface area contributed by atoms with Gasteiger partial charge in [0, 0.05) is 22.3 Å². The third-order valence-corrected chi connectivity index (χ3v) is 5.90. The van der Waals surface area contributed by atoms with Crippen LogP contribution >= 0.6 is 23.8 Å². The first kappa shape index (κ1) is 24.2. The smallest absolute Gasteiger partial charge is 0.321 e. The van der Waals surface area contributed by atoms with E-state index in [2.05, 4.69) is 25.3 Å². The standard InChI is InChI=1S/C20H18ClN5O5S2/c1-30-17-11-16(23-19(24-17)31-2)26-33(28,29)15-9-7-14(8-10-15)22-20(32)25-18(27)12-3-5-13(21)6-4-12/h3-11H,1-2H3,(H,23,24,26)(H2,22,25,27,32). The van der Waals surface area contributed by atoms with Crippen molar-refractivity contribution in [3.63, 3.8) is 0 Å². The lowest BCUT2D eigenvalue weighted by molar-refractivity contribution is 0.0977. The molecule has 3 N–H and O–H groups in total. The number of ether oxygens (including phenoxy) is 2. The number of carbonyl (C=O) groups is 1. The van der Waals surface area contributed by atoms with Crippen molar-refractivity contribution in [2.45, 2.75) is 4.90 Å². The average Bonchev–Trinajstić information content (AvgIpc) is 2.79. The maximum absolute atomic E-state index is 12.7. The summed E-state index contributed by atoms with van der Waals surface area (Å²) in [5.41, 5.74) is 0.856. The van der Waals surface area contributed by atoms with Crippen molar-refractivity contribution in [3.05, 3.63) is 65.2 Å². The van der Waals surface area contributed by atoms with Crippen LogP contribution in [0, 0.1) is 0 Å². The molecule has 0 aliphatic carbocycles. The summed E-state index contributed by atoms with van der Waals surface area (Å²) >= 11 is 11.0. The molecule has 0 fully saturated rings. The van der Waals surface area contributed by atoms with Gasteiger partial charge in [-0.05, 0) is 60.7 Å². The van der Waals surface area contributed by atoms with E-state index in [-0.39, 0.29) is 27.7 Å². The van der Waals surface area contributed by atoms with Gasteiger partial charge in [0.2, 0.25) is 5.88 Å². The molecular formula is C20H18ClN5O5S2. The summed E-state index contributed by atoms with van der Waals surface area (Å²) < 4.78 is 37.7. The highest BCUT2D eigenvalue weighted by atomic mass is 35.5. The molecule has 0 bridgehead atoms. The van der Waals surface area contributed by atoms with Crippen LogP contribution in [-0.4, -0.2) is 43.6 Å². The van der Waals surface area contributed by atoms with Gasteiger partial charge in [-0.3, -0.25) is 14.8 Å². The second-order valence-electron chi connectivity index (χ2n) is 6.33. The highest BCUT2D eigenvalue weighted by Crippen LogP contribution is 2.21. The highest BCUT2D eigenvalue weighted by Gasteiger charge is 2.17. The van der Waals surface area contributed by atoms with Crippen LogP contribution in [-0.2, 0) is 10.0 Å². The molecule has 0 radical (unpaired) electrons. The van der Waals surface area contributed by atoms with Gasteiger partial charge >= 0.3 is 6.01 Å². The molecule has 0 atom stereocenters. The van der Waals surface area contributed by atoms with Gasteiger partial charge in [-0.15, -0.1) is 0 Å². The van der Waals surface area contributed by atoms with Gasteiger partial charge < -0.3 is 14.8 Å². The largest absolute Gasteiger partial charge is 0.481 e. The normalized spacial score (nSPS) is 10.8. The Morgan fingerprint density at radius 2 is 1.67 bits per heavy atom. The molecule has 0 spiro atoms. The predicted octanol–water partition coefficient (Wildman–Crippen LogP) is 3.07. The van der Waals surface area contributed by atoms with Crippen molar-refractivity contribution in [1.29, 1.82) is 0 Å². The van der Waals surface area contributed by atoms with Gasteiger partial charge in [0.1, 0.15) is 0 Å². The van der Waals surface area contributed by atoms with Crippen molar-refractivity contribution >= 4 is 56.4 Å². The number of hydrogen-bond acceptors (Lipinski definition) is 8. The molecule has 2 aromatic carbocycles. The molecule has 1 heterocycles. The number of carbonyl (C=O) groups excluding carboxylic acids is 1. The maximum atomic E-state index is 12.7. The Balaban J connectivity index is 1.66. The lowest BCUT2D eigenvalue weighted by Crippen LogP contribution is -2.34. The Labute approximate surface area is 200 Å². The van der Waals surface area contributed by atoms with E-state index in [1.165, 1.54) is 44.6 Å². The monoisotopic (exact) mass is 507 g/mol. The summed E-state index contributed by atoms with van der Waals surface area (Å²) in [6, 6.07) is 13.3. The number of hydrogen-bond donors (Lipinski definition) is 3. The van der Waals surface area contributed by atoms with E-state index in [4.69, 9.17) is 33.3 Å². The van der Waals surface area contributed by atoms with Crippen LogP contribution in [0.15, 0.2) is 59.5 Å². The van der Waals surface area contributed by atoms with E-state index >= 15 is 0 Å². The minimum absolute atomic E-state index is 0.0213. The molecule has 33 heavy (non-hydrogen) atoms. The van der Waals surface area contributed by atoms with Gasteiger partial charge in [0.15, 0.2) is 10.9 Å². The van der Waals surface area contributed by atoms with E-state index in [1.807, 2.05) is 0 Å². The summed E-state index contributed by atoms with van der Waals surface area (Å²) in [5.74, 6) is -0.302. The Hall–Kier alpha value is -3.48. The zero-order valence-electron chi connectivity index (χ0n) is 17.3. The number of halogens is 1. The molecule has 0 saturated carbocycles. The summed E-state index contributed by atoms with van der Waals surface area (Å²) in [7, 11) is -1.23. The van der Waals surface area contributed by atoms with Crippen LogP contribution < -0.4 is 24.8 Å². The fourth-order valence-electron chi connectivity index (χ4n) is 2.50. The van der Waals surface area contributed by atoms with Gasteiger partial charge in [-0.2, -0.15) is 9.97 Å². The number of sulfonamides is 1. The van der Waals surface area contributed by atoms with Crippen molar-refractivity contribution in [2.75, 3.05) is 24.3 Å². The number of amides is 1. The molecule has 0 unspecified atom stereocenters. The lowest BCUT2D eigenvalue weighted by atomic mass is 10.2. The number of methoxy groups -OCH3 is 2. The molecule has 172 valence electrons. The SMILES string of the molecule is COc1cc(NS(=O)(=O)c2ccc(NC(=S)NC(=O)c3ccc(Cl)cc3)cc2)nc(OC)n1. The van der Waals surface area contributed by atoms with E-state index < -0.39 is 15.9 Å². The molecule has 0 aliphatic rings. The lowest BCUT2D eigenvalue weighted by Gasteiger charge is -2.12. The Morgan fingerprint density at radius 3 is 2.27 bits per heavy atom. The quantitative estimate of drug-likeness (QED) is 0.413. The summed E-state index contributed by atoms with van der Waals surface area (Å²) in [6.45, 7) is 0. The van der Waals surface area contributed by atoms with Crippen molar-refractivity contribution in [2.24, 2.45) is 0 Å². The average molecular weight is 508 g/mol. The molecule has 3 rings (SSSR count).